The highest BCUT2D eigenvalue weighted by molar-refractivity contribution is 5.98. The number of carbonyl (C=O) groups is 1. The van der Waals surface area contributed by atoms with E-state index in [0.29, 0.717) is 0 Å². The zero-order chi connectivity index (χ0) is 13.1. The van der Waals surface area contributed by atoms with Crippen LogP contribution in [0, 0.1) is 0 Å². The zero-order valence-electron chi connectivity index (χ0n) is 10.1. The third-order valence-electron chi connectivity index (χ3n) is 2.71. The van der Waals surface area contributed by atoms with Crippen LogP contribution in [0.3, 0.4) is 0 Å². The van der Waals surface area contributed by atoms with Gasteiger partial charge in [0.25, 0.3) is 0 Å². The molecule has 2 aromatic carbocycles. The molecule has 0 aliphatic rings. The van der Waals surface area contributed by atoms with Crippen molar-refractivity contribution < 1.29 is 14.6 Å². The molecule has 3 nitrogen and oxygen atoms in total. The van der Waals surface area contributed by atoms with Crippen LogP contribution in [0.15, 0.2) is 49.1 Å². The minimum absolute atomic E-state index is 0.0741. The predicted octanol–water partition coefficient (Wildman–Crippen LogP) is 3.28. The van der Waals surface area contributed by atoms with Crippen molar-refractivity contribution in [3.8, 4) is 5.75 Å². The molecule has 92 valence electrons. The van der Waals surface area contributed by atoms with Gasteiger partial charge in [-0.3, -0.25) is 0 Å². The van der Waals surface area contributed by atoms with Crippen LogP contribution in [0.5, 0.6) is 5.75 Å². The number of rotatable bonds is 3. The third-order valence-corrected chi connectivity index (χ3v) is 2.71. The second kappa shape index (κ2) is 4.92. The molecule has 0 saturated heterocycles. The van der Waals surface area contributed by atoms with Gasteiger partial charge in [-0.2, -0.15) is 0 Å². The molecule has 3 heteroatoms. The van der Waals surface area contributed by atoms with Gasteiger partial charge in [-0.05, 0) is 29.8 Å². The lowest BCUT2D eigenvalue weighted by atomic mass is 10.1. The fraction of sp³-hybridized carbons (Fsp3) is 0.133. The Hall–Kier alpha value is -2.29. The van der Waals surface area contributed by atoms with E-state index >= 15 is 0 Å². The van der Waals surface area contributed by atoms with Crippen LogP contribution in [-0.2, 0) is 4.74 Å². The van der Waals surface area contributed by atoms with Crippen molar-refractivity contribution in [2.45, 2.75) is 13.0 Å². The van der Waals surface area contributed by atoms with Gasteiger partial charge in [0, 0.05) is 0 Å². The Bertz CT molecular complexity index is 602. The Morgan fingerprint density at radius 1 is 1.33 bits per heavy atom. The number of aromatic hydroxyl groups is 1. The van der Waals surface area contributed by atoms with Gasteiger partial charge in [0.2, 0.25) is 0 Å². The summed E-state index contributed by atoms with van der Waals surface area (Å²) < 4.78 is 5.10. The molecule has 0 saturated carbocycles. The molecule has 2 aromatic rings. The summed E-state index contributed by atoms with van der Waals surface area (Å²) in [4.78, 5) is 11.8. The average molecular weight is 242 g/mol. The van der Waals surface area contributed by atoms with Crippen molar-refractivity contribution in [1.82, 2.24) is 0 Å². The Morgan fingerprint density at radius 2 is 1.94 bits per heavy atom. The molecule has 0 aromatic heterocycles. The number of carbonyl (C=O) groups excluding carboxylic acids is 1. The van der Waals surface area contributed by atoms with E-state index < -0.39 is 5.97 Å². The van der Waals surface area contributed by atoms with Gasteiger partial charge < -0.3 is 9.84 Å². The quantitative estimate of drug-likeness (QED) is 0.663. The van der Waals surface area contributed by atoms with Crippen molar-refractivity contribution in [1.29, 1.82) is 0 Å². The third kappa shape index (κ3) is 2.35. The maximum Gasteiger partial charge on any atom is 0.342 e. The van der Waals surface area contributed by atoms with E-state index in [0.717, 1.165) is 10.8 Å². The van der Waals surface area contributed by atoms with Crippen molar-refractivity contribution in [2.24, 2.45) is 0 Å². The van der Waals surface area contributed by atoms with Gasteiger partial charge in [-0.1, -0.05) is 36.9 Å². The van der Waals surface area contributed by atoms with E-state index in [-0.39, 0.29) is 17.4 Å². The molecule has 1 N–H and O–H groups in total. The summed E-state index contributed by atoms with van der Waals surface area (Å²) in [6.45, 7) is 5.25. The van der Waals surface area contributed by atoms with Gasteiger partial charge in [0.1, 0.15) is 17.4 Å². The SMILES string of the molecule is C=CC(C)OC(=O)c1cc2ccccc2cc1O. The normalized spacial score (nSPS) is 12.1. The zero-order valence-corrected chi connectivity index (χ0v) is 10.1. The first-order chi connectivity index (χ1) is 8.61. The van der Waals surface area contributed by atoms with Crippen LogP contribution >= 0.6 is 0 Å². The van der Waals surface area contributed by atoms with Gasteiger partial charge in [0.05, 0.1) is 0 Å². The molecule has 1 unspecified atom stereocenters. The number of esters is 1. The first-order valence-electron chi connectivity index (χ1n) is 5.67. The lowest BCUT2D eigenvalue weighted by molar-refractivity contribution is 0.0422. The lowest BCUT2D eigenvalue weighted by Gasteiger charge is -2.10. The van der Waals surface area contributed by atoms with E-state index in [2.05, 4.69) is 6.58 Å². The fourth-order valence-corrected chi connectivity index (χ4v) is 1.67. The molecule has 0 aliphatic heterocycles. The molecule has 1 atom stereocenters. The molecule has 18 heavy (non-hydrogen) atoms. The molecule has 0 aliphatic carbocycles. The van der Waals surface area contributed by atoms with Crippen molar-refractivity contribution in [2.75, 3.05) is 0 Å². The van der Waals surface area contributed by atoms with E-state index in [1.165, 1.54) is 6.08 Å². The van der Waals surface area contributed by atoms with E-state index in [4.69, 9.17) is 4.74 Å². The van der Waals surface area contributed by atoms with Gasteiger partial charge >= 0.3 is 5.97 Å². The lowest BCUT2D eigenvalue weighted by Crippen LogP contribution is -2.12. The number of benzene rings is 2. The molecular weight excluding hydrogens is 228 g/mol. The molecule has 0 fully saturated rings. The van der Waals surface area contributed by atoms with Crippen molar-refractivity contribution >= 4 is 16.7 Å². The maximum atomic E-state index is 11.8. The number of phenolic OH excluding ortho intramolecular Hbond substituents is 1. The average Bonchev–Trinajstić information content (AvgIpc) is 2.37. The highest BCUT2D eigenvalue weighted by Crippen LogP contribution is 2.25. The monoisotopic (exact) mass is 242 g/mol. The summed E-state index contributed by atoms with van der Waals surface area (Å²) in [5.74, 6) is -0.624. The second-order valence-electron chi connectivity index (χ2n) is 4.06. The Morgan fingerprint density at radius 3 is 2.56 bits per heavy atom. The fourth-order valence-electron chi connectivity index (χ4n) is 1.67. The van der Waals surface area contributed by atoms with Crippen LogP contribution in [0.25, 0.3) is 10.8 Å². The van der Waals surface area contributed by atoms with E-state index in [1.807, 2.05) is 24.3 Å². The largest absolute Gasteiger partial charge is 0.507 e. The predicted molar refractivity (Wildman–Crippen MR) is 70.7 cm³/mol. The number of hydrogen-bond acceptors (Lipinski definition) is 3. The van der Waals surface area contributed by atoms with E-state index in [9.17, 15) is 9.90 Å². The maximum absolute atomic E-state index is 11.8. The van der Waals surface area contributed by atoms with Gasteiger partial charge in [0.15, 0.2) is 0 Å². The number of hydrogen-bond donors (Lipinski definition) is 1. The van der Waals surface area contributed by atoms with Crippen LogP contribution in [0.4, 0.5) is 0 Å². The molecule has 0 amide bonds. The molecule has 0 bridgehead atoms. The van der Waals surface area contributed by atoms with Crippen molar-refractivity contribution in [3.63, 3.8) is 0 Å². The topological polar surface area (TPSA) is 46.5 Å². The Kier molecular flexibility index (Phi) is 3.33. The second-order valence-corrected chi connectivity index (χ2v) is 4.06. The molecule has 2 rings (SSSR count). The first kappa shape index (κ1) is 12.2. The summed E-state index contributed by atoms with van der Waals surface area (Å²) in [6, 6.07) is 10.7. The highest BCUT2D eigenvalue weighted by Gasteiger charge is 2.15. The molecule has 0 heterocycles. The summed E-state index contributed by atoms with van der Waals surface area (Å²) in [5.41, 5.74) is 0.169. The van der Waals surface area contributed by atoms with Gasteiger partial charge in [-0.25, -0.2) is 4.79 Å². The standard InChI is InChI=1S/C15H14O3/c1-3-10(2)18-15(17)13-8-11-6-4-5-7-12(11)9-14(13)16/h3-10,16H,1H2,2H3. The minimum Gasteiger partial charge on any atom is -0.507 e. The summed E-state index contributed by atoms with van der Waals surface area (Å²) in [5, 5.41) is 11.6. The van der Waals surface area contributed by atoms with Crippen LogP contribution in [0.2, 0.25) is 0 Å². The number of ether oxygens (including phenoxy) is 1. The molecular formula is C15H14O3. The number of fused-ring (bicyclic) bond motifs is 1. The number of phenols is 1. The van der Waals surface area contributed by atoms with Gasteiger partial charge in [-0.15, -0.1) is 0 Å². The highest BCUT2D eigenvalue weighted by atomic mass is 16.5. The first-order valence-corrected chi connectivity index (χ1v) is 5.67. The molecule has 0 spiro atoms. The Labute approximate surface area is 105 Å². The van der Waals surface area contributed by atoms with Crippen LogP contribution < -0.4 is 0 Å². The minimum atomic E-state index is -0.550. The summed E-state index contributed by atoms with van der Waals surface area (Å²) in [7, 11) is 0. The summed E-state index contributed by atoms with van der Waals surface area (Å²) in [6.07, 6.45) is 1.14. The smallest absolute Gasteiger partial charge is 0.342 e. The Balaban J connectivity index is 2.41. The van der Waals surface area contributed by atoms with Crippen LogP contribution in [0.1, 0.15) is 17.3 Å². The van der Waals surface area contributed by atoms with Crippen LogP contribution in [-0.4, -0.2) is 17.2 Å². The van der Waals surface area contributed by atoms with Crippen molar-refractivity contribution in [3.05, 3.63) is 54.6 Å². The molecule has 0 radical (unpaired) electrons. The summed E-state index contributed by atoms with van der Waals surface area (Å²) >= 11 is 0. The van der Waals surface area contributed by atoms with E-state index in [1.54, 1.807) is 19.1 Å².